The SMILES string of the molecule is Cc1c(C)c(C)c(C(=O)C2CCN(C(=O)c3nccn3C)CC2)c(C)c1C. The number of carbonyl (C=O) groups is 2. The summed E-state index contributed by atoms with van der Waals surface area (Å²) in [5.74, 6) is 0.619. The predicted octanol–water partition coefficient (Wildman–Crippen LogP) is 3.70. The maximum Gasteiger partial charge on any atom is 0.289 e. The highest BCUT2D eigenvalue weighted by Gasteiger charge is 2.31. The number of ketones is 1. The highest BCUT2D eigenvalue weighted by atomic mass is 16.2. The molecule has 1 aliphatic heterocycles. The van der Waals surface area contributed by atoms with Crippen molar-refractivity contribution >= 4 is 11.7 Å². The first-order valence-corrected chi connectivity index (χ1v) is 9.61. The number of piperidine rings is 1. The summed E-state index contributed by atoms with van der Waals surface area (Å²) in [7, 11) is 1.82. The van der Waals surface area contributed by atoms with Crippen molar-refractivity contribution in [2.24, 2.45) is 13.0 Å². The molecule has 1 saturated heterocycles. The summed E-state index contributed by atoms with van der Waals surface area (Å²) < 4.78 is 1.74. The van der Waals surface area contributed by atoms with Crippen molar-refractivity contribution in [2.45, 2.75) is 47.5 Å². The van der Waals surface area contributed by atoms with Crippen LogP contribution in [0.1, 0.15) is 61.6 Å². The minimum Gasteiger partial charge on any atom is -0.336 e. The summed E-state index contributed by atoms with van der Waals surface area (Å²) in [6.45, 7) is 11.6. The molecule has 2 aromatic rings. The lowest BCUT2D eigenvalue weighted by Gasteiger charge is -2.32. The summed E-state index contributed by atoms with van der Waals surface area (Å²) in [5.41, 5.74) is 6.80. The topological polar surface area (TPSA) is 55.2 Å². The van der Waals surface area contributed by atoms with Gasteiger partial charge < -0.3 is 9.47 Å². The van der Waals surface area contributed by atoms with Crippen LogP contribution in [-0.4, -0.2) is 39.2 Å². The van der Waals surface area contributed by atoms with Gasteiger partial charge in [0.05, 0.1) is 0 Å². The summed E-state index contributed by atoms with van der Waals surface area (Å²) in [6.07, 6.45) is 4.83. The Morgan fingerprint density at radius 3 is 1.93 bits per heavy atom. The van der Waals surface area contributed by atoms with E-state index in [1.807, 2.05) is 11.9 Å². The van der Waals surface area contributed by atoms with Crippen molar-refractivity contribution in [3.63, 3.8) is 0 Å². The number of amides is 1. The molecule has 3 rings (SSSR count). The summed E-state index contributed by atoms with van der Waals surface area (Å²) >= 11 is 0. The predicted molar refractivity (Wildman–Crippen MR) is 106 cm³/mol. The molecule has 2 heterocycles. The fraction of sp³-hybridized carbons (Fsp3) is 0.500. The molecule has 27 heavy (non-hydrogen) atoms. The van der Waals surface area contributed by atoms with Gasteiger partial charge in [0.25, 0.3) is 5.91 Å². The van der Waals surface area contributed by atoms with E-state index in [2.05, 4.69) is 39.6 Å². The van der Waals surface area contributed by atoms with Gasteiger partial charge in [0.15, 0.2) is 11.6 Å². The molecule has 5 heteroatoms. The van der Waals surface area contributed by atoms with Gasteiger partial charge in [0, 0.05) is 44.0 Å². The van der Waals surface area contributed by atoms with E-state index in [0.717, 1.165) is 16.7 Å². The van der Waals surface area contributed by atoms with Gasteiger partial charge >= 0.3 is 0 Å². The number of aryl methyl sites for hydroxylation is 1. The van der Waals surface area contributed by atoms with E-state index in [1.54, 1.807) is 17.0 Å². The molecular formula is C22H29N3O2. The number of hydrogen-bond acceptors (Lipinski definition) is 3. The maximum atomic E-state index is 13.3. The number of likely N-dealkylation sites (tertiary alicyclic amines) is 1. The second-order valence-corrected chi connectivity index (χ2v) is 7.79. The number of rotatable bonds is 3. The third-order valence-corrected chi connectivity index (χ3v) is 6.41. The van der Waals surface area contributed by atoms with Crippen LogP contribution in [0.25, 0.3) is 0 Å². The summed E-state index contributed by atoms with van der Waals surface area (Å²) in [4.78, 5) is 31.9. The Hall–Kier alpha value is -2.43. The van der Waals surface area contributed by atoms with Gasteiger partial charge in [0.1, 0.15) is 0 Å². The van der Waals surface area contributed by atoms with Crippen molar-refractivity contribution in [1.82, 2.24) is 14.5 Å². The zero-order valence-corrected chi connectivity index (χ0v) is 17.2. The fourth-order valence-electron chi connectivity index (χ4n) is 4.13. The van der Waals surface area contributed by atoms with Crippen LogP contribution in [-0.2, 0) is 7.05 Å². The summed E-state index contributed by atoms with van der Waals surface area (Å²) in [5, 5.41) is 0. The van der Waals surface area contributed by atoms with Crippen molar-refractivity contribution in [3.05, 3.63) is 51.6 Å². The van der Waals surface area contributed by atoms with Crippen LogP contribution in [0.5, 0.6) is 0 Å². The van der Waals surface area contributed by atoms with Gasteiger partial charge in [-0.2, -0.15) is 0 Å². The molecule has 0 saturated carbocycles. The van der Waals surface area contributed by atoms with Gasteiger partial charge in [-0.1, -0.05) is 0 Å². The lowest BCUT2D eigenvalue weighted by atomic mass is 9.81. The smallest absolute Gasteiger partial charge is 0.289 e. The molecule has 0 atom stereocenters. The van der Waals surface area contributed by atoms with Crippen molar-refractivity contribution in [2.75, 3.05) is 13.1 Å². The van der Waals surface area contributed by atoms with Crippen LogP contribution < -0.4 is 0 Å². The van der Waals surface area contributed by atoms with Gasteiger partial charge in [-0.25, -0.2) is 4.98 Å². The maximum absolute atomic E-state index is 13.3. The molecule has 1 aromatic heterocycles. The van der Waals surface area contributed by atoms with Gasteiger partial charge in [0.2, 0.25) is 0 Å². The molecule has 0 bridgehead atoms. The third-order valence-electron chi connectivity index (χ3n) is 6.41. The van der Waals surface area contributed by atoms with Crippen LogP contribution in [0.2, 0.25) is 0 Å². The van der Waals surface area contributed by atoms with Crippen LogP contribution in [0.4, 0.5) is 0 Å². The zero-order chi connectivity index (χ0) is 19.9. The average molecular weight is 367 g/mol. The first kappa shape index (κ1) is 19.3. The standard InChI is InChI=1S/C22H29N3O2/c1-13-14(2)16(4)19(17(5)15(13)3)20(26)18-7-10-25(11-8-18)22(27)21-23-9-12-24(21)6/h9,12,18H,7-8,10-11H2,1-6H3. The first-order chi connectivity index (χ1) is 12.7. The van der Waals surface area contributed by atoms with Crippen LogP contribution in [0, 0.1) is 40.5 Å². The van der Waals surface area contributed by atoms with E-state index < -0.39 is 0 Å². The number of benzene rings is 1. The molecule has 1 fully saturated rings. The van der Waals surface area contributed by atoms with E-state index in [9.17, 15) is 9.59 Å². The highest BCUT2D eigenvalue weighted by Crippen LogP contribution is 2.31. The van der Waals surface area contributed by atoms with Crippen LogP contribution in [0.15, 0.2) is 12.4 Å². The second kappa shape index (κ2) is 7.29. The molecule has 144 valence electrons. The fourth-order valence-corrected chi connectivity index (χ4v) is 4.13. The Morgan fingerprint density at radius 2 is 1.44 bits per heavy atom. The molecular weight excluding hydrogens is 338 g/mol. The largest absolute Gasteiger partial charge is 0.336 e. The van der Waals surface area contributed by atoms with E-state index in [0.29, 0.717) is 31.8 Å². The number of aromatic nitrogens is 2. The lowest BCUT2D eigenvalue weighted by molar-refractivity contribution is 0.0637. The first-order valence-electron chi connectivity index (χ1n) is 9.61. The third kappa shape index (κ3) is 3.31. The Morgan fingerprint density at radius 1 is 0.926 bits per heavy atom. The number of hydrogen-bond donors (Lipinski definition) is 0. The number of carbonyl (C=O) groups excluding carboxylic acids is 2. The summed E-state index contributed by atoms with van der Waals surface area (Å²) in [6, 6.07) is 0. The molecule has 0 N–H and O–H groups in total. The van der Waals surface area contributed by atoms with Gasteiger partial charge in [-0.05, 0) is 75.3 Å². The Kier molecular flexibility index (Phi) is 5.22. The average Bonchev–Trinajstić information content (AvgIpc) is 3.10. The van der Waals surface area contributed by atoms with Crippen molar-refractivity contribution in [3.8, 4) is 0 Å². The van der Waals surface area contributed by atoms with Gasteiger partial charge in [-0.3, -0.25) is 9.59 Å². The molecule has 0 unspecified atom stereocenters. The molecule has 1 aliphatic rings. The molecule has 0 radical (unpaired) electrons. The number of imidazole rings is 1. The number of Topliss-reactive ketones (excluding diaryl/α,β-unsaturated/α-hetero) is 1. The number of nitrogens with zero attached hydrogens (tertiary/aromatic N) is 3. The zero-order valence-electron chi connectivity index (χ0n) is 17.2. The van der Waals surface area contributed by atoms with Crippen molar-refractivity contribution < 1.29 is 9.59 Å². The van der Waals surface area contributed by atoms with E-state index >= 15 is 0 Å². The van der Waals surface area contributed by atoms with Crippen LogP contribution in [0.3, 0.4) is 0 Å². The molecule has 1 amide bonds. The quantitative estimate of drug-likeness (QED) is 0.778. The van der Waals surface area contributed by atoms with Gasteiger partial charge in [-0.15, -0.1) is 0 Å². The minimum absolute atomic E-state index is 0.0191. The lowest BCUT2D eigenvalue weighted by Crippen LogP contribution is -2.41. The second-order valence-electron chi connectivity index (χ2n) is 7.79. The van der Waals surface area contributed by atoms with E-state index in [-0.39, 0.29) is 17.6 Å². The molecule has 0 aliphatic carbocycles. The van der Waals surface area contributed by atoms with Crippen molar-refractivity contribution in [1.29, 1.82) is 0 Å². The highest BCUT2D eigenvalue weighted by molar-refractivity contribution is 6.01. The Balaban J connectivity index is 1.77. The molecule has 0 spiro atoms. The normalized spacial score (nSPS) is 15.3. The monoisotopic (exact) mass is 367 g/mol. The van der Waals surface area contributed by atoms with E-state index in [4.69, 9.17) is 0 Å². The molecule has 5 nitrogen and oxygen atoms in total. The van der Waals surface area contributed by atoms with Crippen LogP contribution >= 0.6 is 0 Å². The Bertz CT molecular complexity index is 874. The molecule has 1 aromatic carbocycles. The minimum atomic E-state index is -0.0530. The Labute approximate surface area is 161 Å². The van der Waals surface area contributed by atoms with E-state index in [1.165, 1.54) is 16.7 Å².